The highest BCUT2D eigenvalue weighted by Gasteiger charge is 2.08. The van der Waals surface area contributed by atoms with Gasteiger partial charge in [-0.1, -0.05) is 18.2 Å². The number of halogens is 1. The molecule has 0 aliphatic rings. The van der Waals surface area contributed by atoms with Crippen LogP contribution in [0.2, 0.25) is 0 Å². The van der Waals surface area contributed by atoms with Crippen LogP contribution < -0.4 is 22.5 Å². The first-order valence-corrected chi connectivity index (χ1v) is 7.40. The van der Waals surface area contributed by atoms with Crippen LogP contribution in [0, 0.1) is 0 Å². The van der Waals surface area contributed by atoms with Crippen molar-refractivity contribution < 1.29 is 17.1 Å². The van der Waals surface area contributed by atoms with Gasteiger partial charge in [-0.15, -0.1) is 11.3 Å². The molecule has 1 heterocycles. The van der Waals surface area contributed by atoms with Gasteiger partial charge in [0.05, 0.1) is 0 Å². The van der Waals surface area contributed by atoms with E-state index in [9.17, 15) is 0 Å². The third kappa shape index (κ3) is 5.95. The van der Waals surface area contributed by atoms with E-state index in [0.29, 0.717) is 6.61 Å². The minimum Gasteiger partial charge on any atom is -1.00 e. The van der Waals surface area contributed by atoms with Crippen molar-refractivity contribution in [2.75, 3.05) is 0 Å². The summed E-state index contributed by atoms with van der Waals surface area (Å²) in [6.07, 6.45) is 0. The first-order chi connectivity index (χ1) is 9.03. The van der Waals surface area contributed by atoms with Crippen LogP contribution in [0.5, 0.6) is 5.75 Å². The van der Waals surface area contributed by atoms with Gasteiger partial charge >= 0.3 is 0 Å². The lowest BCUT2D eigenvalue weighted by Gasteiger charge is -2.20. The maximum Gasteiger partial charge on any atom is 0.122 e. The van der Waals surface area contributed by atoms with Gasteiger partial charge in [0.25, 0.3) is 0 Å². The van der Waals surface area contributed by atoms with E-state index in [1.807, 2.05) is 18.2 Å². The van der Waals surface area contributed by atoms with Crippen molar-refractivity contribution >= 4 is 11.3 Å². The van der Waals surface area contributed by atoms with Crippen LogP contribution in [0.15, 0.2) is 41.8 Å². The van der Waals surface area contributed by atoms with E-state index in [1.54, 1.807) is 11.3 Å². The topological polar surface area (TPSA) is 21.3 Å². The molecule has 0 bridgehead atoms. The van der Waals surface area contributed by atoms with Crippen molar-refractivity contribution in [3.63, 3.8) is 0 Å². The average molecular weight is 311 g/mol. The Bertz CT molecular complexity index is 488. The molecular weight excluding hydrogens is 290 g/mol. The smallest absolute Gasteiger partial charge is 0.122 e. The first-order valence-electron chi connectivity index (χ1n) is 6.52. The van der Waals surface area contributed by atoms with Gasteiger partial charge in [-0.3, -0.25) is 0 Å². The molecule has 0 amide bonds. The minimum atomic E-state index is 0. The molecule has 20 heavy (non-hydrogen) atoms. The van der Waals surface area contributed by atoms with Crippen molar-refractivity contribution in [1.82, 2.24) is 5.32 Å². The molecule has 2 rings (SSSR count). The van der Waals surface area contributed by atoms with E-state index >= 15 is 0 Å². The highest BCUT2D eigenvalue weighted by molar-refractivity contribution is 7.09. The lowest BCUT2D eigenvalue weighted by molar-refractivity contribution is -0.00000495. The summed E-state index contributed by atoms with van der Waals surface area (Å²) in [4.78, 5) is 1.25. The fraction of sp³-hybridized carbons (Fsp3) is 0.375. The Balaban J connectivity index is 0.00000200. The van der Waals surface area contributed by atoms with Crippen molar-refractivity contribution in [2.24, 2.45) is 0 Å². The molecule has 0 aliphatic carbocycles. The molecule has 4 heteroatoms. The Morgan fingerprint density at radius 3 is 2.35 bits per heavy atom. The molecule has 1 N–H and O–H groups in total. The second-order valence-electron chi connectivity index (χ2n) is 5.62. The summed E-state index contributed by atoms with van der Waals surface area (Å²) >= 11 is 1.72. The molecule has 0 saturated heterocycles. The zero-order valence-corrected chi connectivity index (χ0v) is 13.7. The second kappa shape index (κ2) is 7.67. The van der Waals surface area contributed by atoms with E-state index < -0.39 is 0 Å². The van der Waals surface area contributed by atoms with Crippen molar-refractivity contribution in [3.05, 3.63) is 52.2 Å². The highest BCUT2D eigenvalue weighted by atomic mass is 35.5. The summed E-state index contributed by atoms with van der Waals surface area (Å²) in [7, 11) is 0. The molecular formula is C16H21ClNOS-. The predicted octanol–water partition coefficient (Wildman–Crippen LogP) is 1.22. The lowest BCUT2D eigenvalue weighted by Crippen LogP contribution is -3.00. The molecule has 0 fully saturated rings. The number of nitrogens with one attached hydrogen (secondary N) is 1. The summed E-state index contributed by atoms with van der Waals surface area (Å²) in [5, 5.41) is 5.54. The molecule has 0 radical (unpaired) electrons. The summed E-state index contributed by atoms with van der Waals surface area (Å²) in [5.74, 6) is 0.924. The van der Waals surface area contributed by atoms with Crippen LogP contribution in [-0.4, -0.2) is 5.54 Å². The maximum absolute atomic E-state index is 5.74. The summed E-state index contributed by atoms with van der Waals surface area (Å²) in [6, 6.07) is 12.4. The number of benzene rings is 1. The van der Waals surface area contributed by atoms with Crippen LogP contribution in [0.25, 0.3) is 0 Å². The third-order valence-corrected chi connectivity index (χ3v) is 3.56. The van der Waals surface area contributed by atoms with E-state index in [0.717, 1.165) is 12.3 Å². The van der Waals surface area contributed by atoms with E-state index in [4.69, 9.17) is 4.74 Å². The summed E-state index contributed by atoms with van der Waals surface area (Å²) < 4.78 is 5.74. The Kier molecular flexibility index (Phi) is 6.53. The first kappa shape index (κ1) is 17.0. The molecule has 1 aromatic heterocycles. The third-order valence-electron chi connectivity index (χ3n) is 2.71. The van der Waals surface area contributed by atoms with E-state index in [2.05, 4.69) is 49.7 Å². The van der Waals surface area contributed by atoms with Gasteiger partial charge in [-0.2, -0.15) is 0 Å². The second-order valence-corrected chi connectivity index (χ2v) is 6.65. The molecule has 0 aliphatic heterocycles. The molecule has 0 unspecified atom stereocenters. The van der Waals surface area contributed by atoms with Crippen LogP contribution in [-0.2, 0) is 13.2 Å². The van der Waals surface area contributed by atoms with Gasteiger partial charge in [-0.25, -0.2) is 0 Å². The number of rotatable bonds is 5. The summed E-state index contributed by atoms with van der Waals surface area (Å²) in [5.41, 5.74) is 1.42. The molecule has 0 spiro atoms. The van der Waals surface area contributed by atoms with Crippen LogP contribution in [0.1, 0.15) is 31.2 Å². The minimum absolute atomic E-state index is 0. The number of ether oxygens (including phenoxy) is 1. The molecule has 0 atom stereocenters. The number of thiophene rings is 1. The molecule has 110 valence electrons. The van der Waals surface area contributed by atoms with Gasteiger partial charge in [0.2, 0.25) is 0 Å². The standard InChI is InChI=1S/C16H21NOS.ClH/c1-16(2,3)17-11-13-6-8-14(9-7-13)18-12-15-5-4-10-19-15;/h4-10,17H,11-12H2,1-3H3;1H/p-1. The fourth-order valence-electron chi connectivity index (χ4n) is 1.62. The lowest BCUT2D eigenvalue weighted by atomic mass is 10.1. The number of hydrogen-bond acceptors (Lipinski definition) is 3. The Hall–Kier alpha value is -1.03. The molecule has 1 aromatic carbocycles. The van der Waals surface area contributed by atoms with Crippen molar-refractivity contribution in [1.29, 1.82) is 0 Å². The largest absolute Gasteiger partial charge is 1.00 e. The van der Waals surface area contributed by atoms with Gasteiger partial charge in [0, 0.05) is 17.0 Å². The maximum atomic E-state index is 5.74. The summed E-state index contributed by atoms with van der Waals surface area (Å²) in [6.45, 7) is 8.05. The Morgan fingerprint density at radius 1 is 1.10 bits per heavy atom. The van der Waals surface area contributed by atoms with Gasteiger partial charge in [0.1, 0.15) is 12.4 Å². The molecule has 2 nitrogen and oxygen atoms in total. The van der Waals surface area contributed by atoms with Gasteiger partial charge in [-0.05, 0) is 49.9 Å². The molecule has 2 aromatic rings. The average Bonchev–Trinajstić information content (AvgIpc) is 2.87. The van der Waals surface area contributed by atoms with Crippen LogP contribution in [0.4, 0.5) is 0 Å². The van der Waals surface area contributed by atoms with Crippen molar-refractivity contribution in [3.8, 4) is 5.75 Å². The SMILES string of the molecule is CC(C)(C)NCc1ccc(OCc2cccs2)cc1.[Cl-]. The predicted molar refractivity (Wildman–Crippen MR) is 81.7 cm³/mol. The van der Waals surface area contributed by atoms with E-state index in [1.165, 1.54) is 10.4 Å². The Morgan fingerprint density at radius 2 is 1.80 bits per heavy atom. The van der Waals surface area contributed by atoms with Gasteiger partial charge < -0.3 is 22.5 Å². The molecule has 0 saturated carbocycles. The van der Waals surface area contributed by atoms with Crippen LogP contribution in [0.3, 0.4) is 0 Å². The fourth-order valence-corrected chi connectivity index (χ4v) is 2.24. The highest BCUT2D eigenvalue weighted by Crippen LogP contribution is 2.16. The zero-order valence-electron chi connectivity index (χ0n) is 12.2. The zero-order chi connectivity index (χ0) is 13.7. The van der Waals surface area contributed by atoms with Gasteiger partial charge in [0.15, 0.2) is 0 Å². The monoisotopic (exact) mass is 310 g/mol. The van der Waals surface area contributed by atoms with Crippen LogP contribution >= 0.6 is 11.3 Å². The van der Waals surface area contributed by atoms with E-state index in [-0.39, 0.29) is 17.9 Å². The normalized spacial score (nSPS) is 10.9. The quantitative estimate of drug-likeness (QED) is 0.896. The Labute approximate surface area is 131 Å². The number of hydrogen-bond donors (Lipinski definition) is 1. The van der Waals surface area contributed by atoms with Crippen molar-refractivity contribution in [2.45, 2.75) is 39.5 Å².